The number of sulfone groups is 1. The molecule has 1 aliphatic rings. The van der Waals surface area contributed by atoms with E-state index in [0.717, 1.165) is 42.4 Å². The number of nitrogens with one attached hydrogen (secondary N) is 1. The van der Waals surface area contributed by atoms with Crippen molar-refractivity contribution in [2.45, 2.75) is 30.6 Å². The van der Waals surface area contributed by atoms with Crippen LogP contribution in [0.15, 0.2) is 29.2 Å². The largest absolute Gasteiger partial charge is 0.465 e. The summed E-state index contributed by atoms with van der Waals surface area (Å²) in [6.45, 7) is 0. The van der Waals surface area contributed by atoms with E-state index in [9.17, 15) is 18.0 Å². The van der Waals surface area contributed by atoms with E-state index < -0.39 is 21.7 Å². The summed E-state index contributed by atoms with van der Waals surface area (Å²) in [6.07, 6.45) is 4.88. The third kappa shape index (κ3) is 3.66. The van der Waals surface area contributed by atoms with Gasteiger partial charge in [0, 0.05) is 16.7 Å². The number of hydrogen-bond donors (Lipinski definition) is 1. The van der Waals surface area contributed by atoms with Gasteiger partial charge in [0.05, 0.1) is 17.6 Å². The van der Waals surface area contributed by atoms with Gasteiger partial charge in [0.2, 0.25) is 0 Å². The highest BCUT2D eigenvalue weighted by molar-refractivity contribution is 7.90. The molecule has 0 saturated heterocycles. The number of esters is 1. The number of fused-ring (bicyclic) bond motifs is 1. The van der Waals surface area contributed by atoms with Crippen molar-refractivity contribution in [1.29, 1.82) is 0 Å². The number of rotatable bonds is 4. The fraction of sp³-hybridized carbons (Fsp3) is 0.333. The first-order valence-electron chi connectivity index (χ1n) is 8.15. The zero-order chi connectivity index (χ0) is 18.9. The second-order valence-electron chi connectivity index (χ2n) is 6.16. The lowest BCUT2D eigenvalue weighted by Crippen LogP contribution is -2.15. The standard InChI is InChI=1S/C18H19NO5S2/c1-24-18(21)15-13-5-3-4-6-14(13)25-17(15)19-16(20)11-7-9-12(10-8-11)26(2,22)23/h7-10H,3-6H2,1-2H3,(H,19,20). The smallest absolute Gasteiger partial charge is 0.341 e. The molecule has 1 aromatic carbocycles. The van der Waals surface area contributed by atoms with Crippen molar-refractivity contribution in [1.82, 2.24) is 0 Å². The molecule has 6 nitrogen and oxygen atoms in total. The summed E-state index contributed by atoms with van der Waals surface area (Å²) in [6, 6.07) is 5.70. The molecule has 1 aromatic heterocycles. The highest BCUT2D eigenvalue weighted by Crippen LogP contribution is 2.38. The molecule has 0 aliphatic heterocycles. The lowest BCUT2D eigenvalue weighted by Gasteiger charge is -2.11. The van der Waals surface area contributed by atoms with Gasteiger partial charge >= 0.3 is 5.97 Å². The summed E-state index contributed by atoms with van der Waals surface area (Å²) < 4.78 is 27.9. The number of methoxy groups -OCH3 is 1. The molecule has 1 amide bonds. The van der Waals surface area contributed by atoms with Crippen molar-refractivity contribution < 1.29 is 22.7 Å². The maximum Gasteiger partial charge on any atom is 0.341 e. The number of carbonyl (C=O) groups is 2. The molecule has 138 valence electrons. The predicted molar refractivity (Wildman–Crippen MR) is 99.8 cm³/mol. The van der Waals surface area contributed by atoms with Crippen molar-refractivity contribution in [2.24, 2.45) is 0 Å². The first kappa shape index (κ1) is 18.6. The van der Waals surface area contributed by atoms with Crippen molar-refractivity contribution in [2.75, 3.05) is 18.7 Å². The van der Waals surface area contributed by atoms with Crippen LogP contribution in [0.25, 0.3) is 0 Å². The van der Waals surface area contributed by atoms with E-state index in [-0.39, 0.29) is 4.90 Å². The monoisotopic (exact) mass is 393 g/mol. The van der Waals surface area contributed by atoms with Crippen LogP contribution >= 0.6 is 11.3 Å². The number of amides is 1. The Kier molecular flexibility index (Phi) is 5.15. The van der Waals surface area contributed by atoms with Crippen LogP contribution in [-0.2, 0) is 27.4 Å². The minimum Gasteiger partial charge on any atom is -0.465 e. The third-order valence-corrected chi connectivity index (χ3v) is 6.67. The van der Waals surface area contributed by atoms with Gasteiger partial charge in [0.1, 0.15) is 5.00 Å². The molecule has 1 N–H and O–H groups in total. The summed E-state index contributed by atoms with van der Waals surface area (Å²) >= 11 is 1.41. The van der Waals surface area contributed by atoms with E-state index >= 15 is 0 Å². The van der Waals surface area contributed by atoms with Crippen molar-refractivity contribution in [3.8, 4) is 0 Å². The minimum atomic E-state index is -3.32. The lowest BCUT2D eigenvalue weighted by atomic mass is 9.95. The Morgan fingerprint density at radius 3 is 2.38 bits per heavy atom. The molecule has 0 saturated carbocycles. The zero-order valence-corrected chi connectivity index (χ0v) is 16.1. The number of anilines is 1. The van der Waals surface area contributed by atoms with Crippen LogP contribution in [0.2, 0.25) is 0 Å². The van der Waals surface area contributed by atoms with Crippen molar-refractivity contribution in [3.05, 3.63) is 45.8 Å². The van der Waals surface area contributed by atoms with Gasteiger partial charge in [-0.1, -0.05) is 0 Å². The lowest BCUT2D eigenvalue weighted by molar-refractivity contribution is 0.0601. The van der Waals surface area contributed by atoms with Crippen LogP contribution in [0.3, 0.4) is 0 Å². The molecular formula is C18H19NO5S2. The van der Waals surface area contributed by atoms with Crippen LogP contribution in [-0.4, -0.2) is 33.7 Å². The summed E-state index contributed by atoms with van der Waals surface area (Å²) in [7, 11) is -1.99. The van der Waals surface area contributed by atoms with Gasteiger partial charge in [-0.25, -0.2) is 13.2 Å². The Morgan fingerprint density at radius 1 is 1.12 bits per heavy atom. The van der Waals surface area contributed by atoms with Crippen molar-refractivity contribution in [3.63, 3.8) is 0 Å². The molecule has 1 heterocycles. The van der Waals surface area contributed by atoms with Gasteiger partial charge in [0.15, 0.2) is 9.84 Å². The normalized spacial score (nSPS) is 13.8. The van der Waals surface area contributed by atoms with E-state index in [0.29, 0.717) is 16.1 Å². The zero-order valence-electron chi connectivity index (χ0n) is 14.5. The molecule has 0 spiro atoms. The fourth-order valence-corrected chi connectivity index (χ4v) is 4.90. The van der Waals surface area contributed by atoms with Gasteiger partial charge < -0.3 is 10.1 Å². The molecule has 3 rings (SSSR count). The molecule has 26 heavy (non-hydrogen) atoms. The van der Waals surface area contributed by atoms with Crippen LogP contribution in [0.5, 0.6) is 0 Å². The molecule has 2 aromatic rings. The van der Waals surface area contributed by atoms with Crippen LogP contribution in [0.1, 0.15) is 44.0 Å². The number of ether oxygens (including phenoxy) is 1. The number of thiophene rings is 1. The molecule has 8 heteroatoms. The number of carbonyl (C=O) groups excluding carboxylic acids is 2. The van der Waals surface area contributed by atoms with E-state index in [1.165, 1.54) is 42.7 Å². The predicted octanol–water partition coefficient (Wildman–Crippen LogP) is 3.07. The average molecular weight is 393 g/mol. The van der Waals surface area contributed by atoms with Crippen LogP contribution in [0.4, 0.5) is 5.00 Å². The van der Waals surface area contributed by atoms with Gasteiger partial charge in [0.25, 0.3) is 5.91 Å². The Bertz CT molecular complexity index is 958. The molecule has 0 unspecified atom stereocenters. The number of aryl methyl sites for hydroxylation is 1. The van der Waals surface area contributed by atoms with Gasteiger partial charge in [-0.2, -0.15) is 0 Å². The summed E-state index contributed by atoms with van der Waals surface area (Å²) in [5.74, 6) is -0.846. The second-order valence-corrected chi connectivity index (χ2v) is 9.28. The topological polar surface area (TPSA) is 89.5 Å². The second kappa shape index (κ2) is 7.20. The quantitative estimate of drug-likeness (QED) is 0.807. The van der Waals surface area contributed by atoms with E-state index in [2.05, 4.69) is 5.32 Å². The molecule has 0 fully saturated rings. The third-order valence-electron chi connectivity index (χ3n) is 4.33. The van der Waals surface area contributed by atoms with E-state index in [1.54, 1.807) is 0 Å². The number of hydrogen-bond acceptors (Lipinski definition) is 6. The molecular weight excluding hydrogens is 374 g/mol. The summed E-state index contributed by atoms with van der Waals surface area (Å²) in [5.41, 5.74) is 1.73. The summed E-state index contributed by atoms with van der Waals surface area (Å²) in [5, 5.41) is 3.27. The van der Waals surface area contributed by atoms with Gasteiger partial charge in [-0.3, -0.25) is 4.79 Å². The Balaban J connectivity index is 1.90. The Hall–Kier alpha value is -2.19. The number of benzene rings is 1. The van der Waals surface area contributed by atoms with E-state index in [4.69, 9.17) is 4.74 Å². The Labute approximate surface area is 156 Å². The van der Waals surface area contributed by atoms with Crippen LogP contribution < -0.4 is 5.32 Å². The highest BCUT2D eigenvalue weighted by atomic mass is 32.2. The minimum absolute atomic E-state index is 0.149. The first-order valence-corrected chi connectivity index (χ1v) is 10.9. The maximum atomic E-state index is 12.5. The Morgan fingerprint density at radius 2 is 1.77 bits per heavy atom. The SMILES string of the molecule is COC(=O)c1c(NC(=O)c2ccc(S(C)(=O)=O)cc2)sc2c1CCCC2. The highest BCUT2D eigenvalue weighted by Gasteiger charge is 2.27. The van der Waals surface area contributed by atoms with Crippen molar-refractivity contribution >= 4 is 38.1 Å². The van der Waals surface area contributed by atoms with E-state index in [1.807, 2.05) is 0 Å². The summed E-state index contributed by atoms with van der Waals surface area (Å²) in [4.78, 5) is 26.0. The average Bonchev–Trinajstić information content (AvgIpc) is 2.98. The maximum absolute atomic E-state index is 12.5. The molecule has 0 bridgehead atoms. The first-order chi connectivity index (χ1) is 12.3. The van der Waals surface area contributed by atoms with Crippen LogP contribution in [0, 0.1) is 0 Å². The van der Waals surface area contributed by atoms with Gasteiger partial charge in [-0.05, 0) is 55.5 Å². The molecule has 0 atom stereocenters. The van der Waals surface area contributed by atoms with Gasteiger partial charge in [-0.15, -0.1) is 11.3 Å². The fourth-order valence-electron chi connectivity index (χ4n) is 3.00. The molecule has 1 aliphatic carbocycles. The molecule has 0 radical (unpaired) electrons.